The van der Waals surface area contributed by atoms with Gasteiger partial charge in [0.05, 0.1) is 4.90 Å². The van der Waals surface area contributed by atoms with Crippen molar-refractivity contribution < 1.29 is 18.0 Å². The molecule has 2 N–H and O–H groups in total. The van der Waals surface area contributed by atoms with Crippen molar-refractivity contribution in [2.45, 2.75) is 43.5 Å². The van der Waals surface area contributed by atoms with E-state index in [4.69, 9.17) is 0 Å². The maximum absolute atomic E-state index is 12.9. The SMILES string of the molecule is CCC(=O)Nc1ccc(S(=O)(=O)N2CCCC[C@@H]2C(=O)NC)cc1. The van der Waals surface area contributed by atoms with Gasteiger partial charge in [0.25, 0.3) is 0 Å². The first kappa shape index (κ1) is 18.4. The molecule has 0 radical (unpaired) electrons. The average Bonchev–Trinajstić information content (AvgIpc) is 2.61. The Hall–Kier alpha value is -1.93. The second-order valence-corrected chi connectivity index (χ2v) is 7.56. The predicted octanol–water partition coefficient (Wildman–Crippen LogP) is 1.32. The summed E-state index contributed by atoms with van der Waals surface area (Å²) in [6.45, 7) is 2.07. The molecule has 1 aromatic carbocycles. The number of benzene rings is 1. The summed E-state index contributed by atoms with van der Waals surface area (Å²) in [5, 5.41) is 5.21. The van der Waals surface area contributed by atoms with Crippen molar-refractivity contribution in [3.8, 4) is 0 Å². The molecule has 0 aromatic heterocycles. The average molecular weight is 353 g/mol. The summed E-state index contributed by atoms with van der Waals surface area (Å²) in [6, 6.07) is 5.35. The highest BCUT2D eigenvalue weighted by molar-refractivity contribution is 7.89. The number of likely N-dealkylation sites (N-methyl/N-ethyl adjacent to an activating group) is 1. The molecular formula is C16H23N3O4S. The molecule has 1 atom stereocenters. The van der Waals surface area contributed by atoms with Crippen molar-refractivity contribution in [3.05, 3.63) is 24.3 Å². The number of nitrogens with zero attached hydrogens (tertiary/aromatic N) is 1. The monoisotopic (exact) mass is 353 g/mol. The van der Waals surface area contributed by atoms with E-state index in [0.717, 1.165) is 12.8 Å². The molecule has 1 fully saturated rings. The molecule has 0 spiro atoms. The van der Waals surface area contributed by atoms with Crippen molar-refractivity contribution in [2.75, 3.05) is 18.9 Å². The number of carbonyl (C=O) groups is 2. The molecule has 0 aliphatic carbocycles. The van der Waals surface area contributed by atoms with Crippen LogP contribution in [-0.2, 0) is 19.6 Å². The zero-order chi connectivity index (χ0) is 17.7. The van der Waals surface area contributed by atoms with Crippen LogP contribution in [0.5, 0.6) is 0 Å². The Morgan fingerprint density at radius 2 is 1.88 bits per heavy atom. The second kappa shape index (κ2) is 7.76. The third-order valence-corrected chi connectivity index (χ3v) is 5.99. The summed E-state index contributed by atoms with van der Waals surface area (Å²) < 4.78 is 27.0. The number of nitrogens with one attached hydrogen (secondary N) is 2. The minimum atomic E-state index is -3.76. The first-order valence-corrected chi connectivity index (χ1v) is 9.47. The first-order chi connectivity index (χ1) is 11.4. The Morgan fingerprint density at radius 3 is 2.46 bits per heavy atom. The van der Waals surface area contributed by atoms with Gasteiger partial charge in [-0.3, -0.25) is 9.59 Å². The van der Waals surface area contributed by atoms with Gasteiger partial charge in [-0.05, 0) is 37.1 Å². The number of amides is 2. The number of hydrogen-bond donors (Lipinski definition) is 2. The molecule has 0 unspecified atom stereocenters. The number of sulfonamides is 1. The van der Waals surface area contributed by atoms with Crippen LogP contribution < -0.4 is 10.6 Å². The Balaban J connectivity index is 2.25. The van der Waals surface area contributed by atoms with Gasteiger partial charge in [0, 0.05) is 25.7 Å². The standard InChI is InChI=1S/C16H23N3O4S/c1-3-15(20)18-12-7-9-13(10-8-12)24(22,23)19-11-5-4-6-14(19)16(21)17-2/h7-10,14H,3-6,11H2,1-2H3,(H,17,21)(H,18,20)/t14-/m1/s1. The van der Waals surface area contributed by atoms with Gasteiger partial charge in [0.1, 0.15) is 6.04 Å². The number of rotatable bonds is 5. The highest BCUT2D eigenvalue weighted by Crippen LogP contribution is 2.26. The van der Waals surface area contributed by atoms with Crippen LogP contribution in [0.3, 0.4) is 0 Å². The molecule has 1 heterocycles. The van der Waals surface area contributed by atoms with Crippen LogP contribution in [0.2, 0.25) is 0 Å². The molecule has 8 heteroatoms. The van der Waals surface area contributed by atoms with Crippen molar-refractivity contribution in [3.63, 3.8) is 0 Å². The van der Waals surface area contributed by atoms with Gasteiger partial charge in [0.15, 0.2) is 0 Å². The predicted molar refractivity (Wildman–Crippen MR) is 91.0 cm³/mol. The van der Waals surface area contributed by atoms with Gasteiger partial charge in [-0.1, -0.05) is 13.3 Å². The zero-order valence-corrected chi connectivity index (χ0v) is 14.7. The van der Waals surface area contributed by atoms with Crippen molar-refractivity contribution in [1.82, 2.24) is 9.62 Å². The number of carbonyl (C=O) groups excluding carboxylic acids is 2. The first-order valence-electron chi connectivity index (χ1n) is 8.03. The summed E-state index contributed by atoms with van der Waals surface area (Å²) in [7, 11) is -2.25. The Morgan fingerprint density at radius 1 is 1.21 bits per heavy atom. The minimum Gasteiger partial charge on any atom is -0.358 e. The molecular weight excluding hydrogens is 330 g/mol. The van der Waals surface area contributed by atoms with Crippen LogP contribution in [0.4, 0.5) is 5.69 Å². The third-order valence-electron chi connectivity index (χ3n) is 4.07. The fourth-order valence-electron chi connectivity index (χ4n) is 2.72. The second-order valence-electron chi connectivity index (χ2n) is 5.67. The Labute approximate surface area is 142 Å². The van der Waals surface area contributed by atoms with Crippen molar-refractivity contribution in [2.24, 2.45) is 0 Å². The van der Waals surface area contributed by atoms with Gasteiger partial charge < -0.3 is 10.6 Å². The summed E-state index contributed by atoms with van der Waals surface area (Å²) >= 11 is 0. The van der Waals surface area contributed by atoms with Gasteiger partial charge in [-0.25, -0.2) is 8.42 Å². The van der Waals surface area contributed by atoms with Gasteiger partial charge in [-0.15, -0.1) is 0 Å². The van der Waals surface area contributed by atoms with Crippen LogP contribution in [0, 0.1) is 0 Å². The molecule has 1 aliphatic heterocycles. The Kier molecular flexibility index (Phi) is 5.95. The highest BCUT2D eigenvalue weighted by atomic mass is 32.2. The highest BCUT2D eigenvalue weighted by Gasteiger charge is 2.37. The maximum Gasteiger partial charge on any atom is 0.243 e. The molecule has 1 aliphatic rings. The van der Waals surface area contributed by atoms with E-state index in [-0.39, 0.29) is 16.7 Å². The molecule has 24 heavy (non-hydrogen) atoms. The van der Waals surface area contributed by atoms with E-state index in [9.17, 15) is 18.0 Å². The van der Waals surface area contributed by atoms with Crippen molar-refractivity contribution >= 4 is 27.5 Å². The van der Waals surface area contributed by atoms with Crippen LogP contribution in [0.15, 0.2) is 29.2 Å². The molecule has 1 aromatic rings. The lowest BCUT2D eigenvalue weighted by Crippen LogP contribution is -2.51. The largest absolute Gasteiger partial charge is 0.358 e. The maximum atomic E-state index is 12.9. The molecule has 0 bridgehead atoms. The zero-order valence-electron chi connectivity index (χ0n) is 13.9. The van der Waals surface area contributed by atoms with Crippen LogP contribution in [0.1, 0.15) is 32.6 Å². The molecule has 132 valence electrons. The van der Waals surface area contributed by atoms with E-state index in [1.165, 1.54) is 23.5 Å². The summed E-state index contributed by atoms with van der Waals surface area (Å²) in [6.07, 6.45) is 2.43. The number of hydrogen-bond acceptors (Lipinski definition) is 4. The lowest BCUT2D eigenvalue weighted by atomic mass is 10.0. The van der Waals surface area contributed by atoms with Crippen LogP contribution in [-0.4, -0.2) is 44.2 Å². The summed E-state index contributed by atoms with van der Waals surface area (Å²) in [4.78, 5) is 23.5. The van der Waals surface area contributed by atoms with E-state index in [2.05, 4.69) is 10.6 Å². The van der Waals surface area contributed by atoms with E-state index < -0.39 is 16.1 Å². The minimum absolute atomic E-state index is 0.118. The fourth-order valence-corrected chi connectivity index (χ4v) is 4.37. The molecule has 0 saturated carbocycles. The summed E-state index contributed by atoms with van der Waals surface area (Å²) in [5.41, 5.74) is 0.544. The van der Waals surface area contributed by atoms with E-state index in [0.29, 0.717) is 25.1 Å². The molecule has 1 saturated heterocycles. The lowest BCUT2D eigenvalue weighted by molar-refractivity contribution is -0.125. The third kappa shape index (κ3) is 3.93. The van der Waals surface area contributed by atoms with Crippen LogP contribution >= 0.6 is 0 Å². The number of piperidine rings is 1. The lowest BCUT2D eigenvalue weighted by Gasteiger charge is -2.33. The molecule has 2 rings (SSSR count). The van der Waals surface area contributed by atoms with E-state index in [1.807, 2.05) is 0 Å². The smallest absolute Gasteiger partial charge is 0.243 e. The van der Waals surface area contributed by atoms with Gasteiger partial charge in [-0.2, -0.15) is 4.31 Å². The normalized spacial score (nSPS) is 18.8. The topological polar surface area (TPSA) is 95.6 Å². The van der Waals surface area contributed by atoms with E-state index in [1.54, 1.807) is 19.1 Å². The summed E-state index contributed by atoms with van der Waals surface area (Å²) in [5.74, 6) is -0.425. The van der Waals surface area contributed by atoms with Crippen LogP contribution in [0.25, 0.3) is 0 Å². The molecule has 2 amide bonds. The fraction of sp³-hybridized carbons (Fsp3) is 0.500. The molecule has 7 nitrogen and oxygen atoms in total. The van der Waals surface area contributed by atoms with Crippen molar-refractivity contribution in [1.29, 1.82) is 0 Å². The van der Waals surface area contributed by atoms with Gasteiger partial charge >= 0.3 is 0 Å². The van der Waals surface area contributed by atoms with Gasteiger partial charge in [0.2, 0.25) is 21.8 Å². The number of anilines is 1. The quantitative estimate of drug-likeness (QED) is 0.835. The Bertz CT molecular complexity index is 701. The van der Waals surface area contributed by atoms with E-state index >= 15 is 0 Å².